The lowest BCUT2D eigenvalue weighted by Crippen LogP contribution is -2.77. The minimum Gasteiger partial charge on any atom is -0.481 e. The number of carbonyl (C=O) groups is 2. The Labute approximate surface area is 199 Å². The van der Waals surface area contributed by atoms with Crippen molar-refractivity contribution in [1.82, 2.24) is 19.9 Å². The molecule has 33 heavy (non-hydrogen) atoms. The first-order valence-corrected chi connectivity index (χ1v) is 11.7. The van der Waals surface area contributed by atoms with E-state index in [1.165, 1.54) is 0 Å². The molecule has 2 N–H and O–H groups in total. The van der Waals surface area contributed by atoms with E-state index in [4.69, 9.17) is 28.2 Å². The van der Waals surface area contributed by atoms with E-state index in [1.54, 1.807) is 18.6 Å². The van der Waals surface area contributed by atoms with Crippen LogP contribution in [0.1, 0.15) is 32.1 Å². The van der Waals surface area contributed by atoms with Crippen molar-refractivity contribution in [3.8, 4) is 5.69 Å². The van der Waals surface area contributed by atoms with E-state index in [1.807, 2.05) is 27.8 Å². The normalized spacial score (nSPS) is 27.8. The number of aromatic nitrogens is 3. The minimum absolute atomic E-state index is 0.0746. The Morgan fingerprint density at radius 3 is 2.70 bits per heavy atom. The first-order chi connectivity index (χ1) is 15.8. The first-order valence-electron chi connectivity index (χ1n) is 10.9. The maximum atomic E-state index is 13.2. The summed E-state index contributed by atoms with van der Waals surface area (Å²) >= 11 is 12.8. The Morgan fingerprint density at radius 1 is 1.21 bits per heavy atom. The van der Waals surface area contributed by atoms with Crippen LogP contribution in [-0.4, -0.2) is 49.6 Å². The van der Waals surface area contributed by atoms with Gasteiger partial charge in [0.2, 0.25) is 5.91 Å². The van der Waals surface area contributed by atoms with Gasteiger partial charge in [-0.15, -0.1) is 0 Å². The van der Waals surface area contributed by atoms with Crippen LogP contribution in [-0.2, 0) is 9.59 Å². The molecule has 3 aromatic rings. The van der Waals surface area contributed by atoms with Gasteiger partial charge in [-0.2, -0.15) is 0 Å². The largest absolute Gasteiger partial charge is 0.481 e. The smallest absolute Gasteiger partial charge is 0.309 e. The lowest BCUT2D eigenvalue weighted by atomic mass is 9.39. The molecule has 0 unspecified atom stereocenters. The SMILES string of the molecule is O=C(NC12CC(C(=O)O)(C1)C2)[C@@H]1CCCN1c1cc(-n2ccnc2)c2ccc(Cl)c(Cl)c2n1. The van der Waals surface area contributed by atoms with Crippen molar-refractivity contribution in [2.45, 2.75) is 43.7 Å². The van der Waals surface area contributed by atoms with E-state index in [9.17, 15) is 14.7 Å². The van der Waals surface area contributed by atoms with Gasteiger partial charge in [0.1, 0.15) is 11.9 Å². The van der Waals surface area contributed by atoms with Gasteiger partial charge >= 0.3 is 5.97 Å². The van der Waals surface area contributed by atoms with Crippen LogP contribution in [0.2, 0.25) is 10.0 Å². The van der Waals surface area contributed by atoms with Crippen LogP contribution >= 0.6 is 23.2 Å². The number of nitrogens with one attached hydrogen (secondary N) is 1. The average molecular weight is 486 g/mol. The molecule has 170 valence electrons. The molecule has 2 bridgehead atoms. The van der Waals surface area contributed by atoms with Crippen LogP contribution < -0.4 is 10.2 Å². The fourth-order valence-corrected chi connectivity index (χ4v) is 6.13. The summed E-state index contributed by atoms with van der Waals surface area (Å²) in [5, 5.41) is 14.1. The zero-order chi connectivity index (χ0) is 23.0. The van der Waals surface area contributed by atoms with Gasteiger partial charge in [-0.3, -0.25) is 9.59 Å². The first kappa shape index (κ1) is 20.7. The number of imidazole rings is 1. The summed E-state index contributed by atoms with van der Waals surface area (Å²) in [4.78, 5) is 35.6. The number of fused-ring (bicyclic) bond motifs is 1. The molecule has 10 heteroatoms. The Balaban J connectivity index is 1.34. The molecule has 1 aliphatic heterocycles. The summed E-state index contributed by atoms with van der Waals surface area (Å²) in [5.41, 5.74) is 0.427. The maximum absolute atomic E-state index is 13.2. The quantitative estimate of drug-likeness (QED) is 0.569. The van der Waals surface area contributed by atoms with Crippen molar-refractivity contribution in [3.63, 3.8) is 0 Å². The van der Waals surface area contributed by atoms with Gasteiger partial charge < -0.3 is 19.9 Å². The Bertz CT molecular complexity index is 1290. The number of hydrogen-bond donors (Lipinski definition) is 2. The fourth-order valence-electron chi connectivity index (χ4n) is 5.77. The average Bonchev–Trinajstić information content (AvgIpc) is 3.43. The van der Waals surface area contributed by atoms with Crippen LogP contribution in [0, 0.1) is 5.41 Å². The third-order valence-electron chi connectivity index (χ3n) is 7.34. The highest BCUT2D eigenvalue weighted by Crippen LogP contribution is 2.67. The van der Waals surface area contributed by atoms with E-state index in [0.29, 0.717) is 53.6 Å². The molecule has 3 heterocycles. The van der Waals surface area contributed by atoms with Crippen molar-refractivity contribution in [3.05, 3.63) is 47.0 Å². The summed E-state index contributed by atoms with van der Waals surface area (Å²) in [6.07, 6.45) is 8.35. The minimum atomic E-state index is -0.760. The molecular weight excluding hydrogens is 465 g/mol. The molecule has 1 atom stereocenters. The maximum Gasteiger partial charge on any atom is 0.309 e. The Hall–Kier alpha value is -2.84. The number of halogens is 2. The van der Waals surface area contributed by atoms with Crippen LogP contribution in [0.25, 0.3) is 16.6 Å². The molecule has 3 aliphatic carbocycles. The predicted molar refractivity (Wildman–Crippen MR) is 124 cm³/mol. The monoisotopic (exact) mass is 485 g/mol. The summed E-state index contributed by atoms with van der Waals surface area (Å²) in [6.45, 7) is 0.685. The number of anilines is 1. The van der Waals surface area contributed by atoms with Gasteiger partial charge in [0.05, 0.1) is 33.0 Å². The van der Waals surface area contributed by atoms with Gasteiger partial charge in [-0.05, 0) is 44.2 Å². The fraction of sp³-hybridized carbons (Fsp3) is 0.391. The number of carboxylic acid groups (broad SMARTS) is 1. The highest BCUT2D eigenvalue weighted by molar-refractivity contribution is 6.45. The third kappa shape index (κ3) is 3.04. The molecule has 3 saturated carbocycles. The Morgan fingerprint density at radius 2 is 2.00 bits per heavy atom. The third-order valence-corrected chi connectivity index (χ3v) is 8.14. The number of pyridine rings is 1. The van der Waals surface area contributed by atoms with E-state index in [-0.39, 0.29) is 17.5 Å². The van der Waals surface area contributed by atoms with Crippen molar-refractivity contribution in [2.75, 3.05) is 11.4 Å². The number of rotatable bonds is 5. The van der Waals surface area contributed by atoms with E-state index in [0.717, 1.165) is 17.5 Å². The van der Waals surface area contributed by atoms with Crippen molar-refractivity contribution >= 4 is 51.8 Å². The van der Waals surface area contributed by atoms with Crippen LogP contribution in [0.3, 0.4) is 0 Å². The van der Waals surface area contributed by atoms with Crippen molar-refractivity contribution in [1.29, 1.82) is 0 Å². The molecule has 4 aliphatic rings. The zero-order valence-corrected chi connectivity index (χ0v) is 19.1. The van der Waals surface area contributed by atoms with Gasteiger partial charge in [0.15, 0.2) is 0 Å². The van der Waals surface area contributed by atoms with Crippen LogP contribution in [0.5, 0.6) is 0 Å². The highest BCUT2D eigenvalue weighted by Gasteiger charge is 2.72. The molecule has 1 amide bonds. The van der Waals surface area contributed by atoms with E-state index >= 15 is 0 Å². The Kier molecular flexibility index (Phi) is 4.45. The number of benzene rings is 1. The molecule has 4 fully saturated rings. The van der Waals surface area contributed by atoms with E-state index < -0.39 is 11.4 Å². The van der Waals surface area contributed by atoms with Gasteiger partial charge in [-0.25, -0.2) is 9.97 Å². The second-order valence-electron chi connectivity index (χ2n) is 9.46. The van der Waals surface area contributed by atoms with Crippen LogP contribution in [0.4, 0.5) is 5.82 Å². The lowest BCUT2D eigenvalue weighted by Gasteiger charge is -2.68. The summed E-state index contributed by atoms with van der Waals surface area (Å²) in [7, 11) is 0. The molecule has 7 rings (SSSR count). The number of hydrogen-bond acceptors (Lipinski definition) is 5. The zero-order valence-electron chi connectivity index (χ0n) is 17.6. The molecule has 1 saturated heterocycles. The highest BCUT2D eigenvalue weighted by atomic mass is 35.5. The number of carbonyl (C=O) groups excluding carboxylic acids is 1. The summed E-state index contributed by atoms with van der Waals surface area (Å²) in [6, 6.07) is 5.19. The summed E-state index contributed by atoms with van der Waals surface area (Å²) < 4.78 is 1.88. The molecule has 1 aromatic carbocycles. The van der Waals surface area contributed by atoms with Gasteiger partial charge in [0.25, 0.3) is 0 Å². The molecule has 2 aromatic heterocycles. The number of nitrogens with zero attached hydrogens (tertiary/aromatic N) is 4. The number of carboxylic acids is 1. The summed E-state index contributed by atoms with van der Waals surface area (Å²) in [5.74, 6) is -0.189. The molecular formula is C23H21Cl2N5O3. The standard InChI is InChI=1S/C23H21Cl2N5O3/c24-14-4-3-13-16(29-7-5-26-12-29)8-17(27-19(13)18(14)25)30-6-1-2-15(30)20(31)28-23-9-22(10-23,11-23)21(32)33/h3-5,7-8,12,15H,1-2,6,9-11H2,(H,28,31)(H,32,33)/t15-,22?,23?/m0/s1. The molecule has 0 radical (unpaired) electrons. The number of amides is 1. The molecule has 0 spiro atoms. The van der Waals surface area contributed by atoms with Gasteiger partial charge in [0, 0.05) is 35.9 Å². The molecule has 8 nitrogen and oxygen atoms in total. The van der Waals surface area contributed by atoms with Crippen molar-refractivity contribution < 1.29 is 14.7 Å². The predicted octanol–water partition coefficient (Wildman–Crippen LogP) is 3.82. The lowest BCUT2D eigenvalue weighted by molar-refractivity contribution is -0.200. The second-order valence-corrected chi connectivity index (χ2v) is 10.2. The van der Waals surface area contributed by atoms with Crippen LogP contribution in [0.15, 0.2) is 36.9 Å². The van der Waals surface area contributed by atoms with Gasteiger partial charge in [-0.1, -0.05) is 23.2 Å². The van der Waals surface area contributed by atoms with E-state index in [2.05, 4.69) is 10.3 Å². The topological polar surface area (TPSA) is 100 Å². The number of aliphatic carboxylic acids is 1. The van der Waals surface area contributed by atoms with Crippen molar-refractivity contribution in [2.24, 2.45) is 5.41 Å². The second kappa shape index (κ2) is 7.08.